The van der Waals surface area contributed by atoms with Crippen LogP contribution in [0.25, 0.3) is 0 Å². The Morgan fingerprint density at radius 1 is 0.381 bits per heavy atom. The fourth-order valence-corrected chi connectivity index (χ4v) is 6.58. The number of ketones is 1. The van der Waals surface area contributed by atoms with Gasteiger partial charge in [-0.3, -0.25) is 9.59 Å². The highest BCUT2D eigenvalue weighted by atomic mass is 19.2. The number of carbonyl (C=O) groups is 2. The minimum absolute atomic E-state index is 0.0608. The fraction of sp³-hybridized carbons (Fsp3) is 0.0263. The predicted molar refractivity (Wildman–Crippen MR) is 175 cm³/mol. The normalized spacial score (nSPS) is 11.4. The van der Waals surface area contributed by atoms with Gasteiger partial charge in [0.05, 0.1) is 0 Å². The summed E-state index contributed by atoms with van der Waals surface area (Å²) in [6.45, 7) is 0.100. The topological polar surface area (TPSA) is 64.0 Å². The van der Waals surface area contributed by atoms with Crippen molar-refractivity contribution >= 4 is 39.7 Å². The van der Waals surface area contributed by atoms with E-state index in [0.29, 0.717) is 11.3 Å². The average Bonchev–Trinajstić information content (AvgIpc) is 3.26. The van der Waals surface area contributed by atoms with Crippen LogP contribution in [0, 0.1) is 116 Å². The first-order valence-corrected chi connectivity index (χ1v) is 16.5. The van der Waals surface area contributed by atoms with Crippen LogP contribution in [0.15, 0.2) is 54.7 Å². The molecule has 6 rings (SSSR count). The van der Waals surface area contributed by atoms with Gasteiger partial charge in [0.1, 0.15) is 52.7 Å². The summed E-state index contributed by atoms with van der Waals surface area (Å²) < 4.78 is 296. The summed E-state index contributed by atoms with van der Waals surface area (Å²) >= 11 is 0. The van der Waals surface area contributed by atoms with Crippen LogP contribution < -0.4 is 32.2 Å². The van der Waals surface area contributed by atoms with Gasteiger partial charge in [0.2, 0.25) is 12.3 Å². The van der Waals surface area contributed by atoms with E-state index in [0.717, 1.165) is 0 Å². The van der Waals surface area contributed by atoms with Crippen molar-refractivity contribution in [3.63, 3.8) is 0 Å². The number of nitrogens with zero attached hydrogens (tertiary/aromatic N) is 1. The van der Waals surface area contributed by atoms with E-state index in [-0.39, 0.29) is 12.3 Å². The number of pyridine rings is 1. The minimum Gasteiger partial charge on any atom is -0.360 e. The lowest BCUT2D eigenvalue weighted by molar-refractivity contribution is -0.685. The third-order valence-corrected chi connectivity index (χ3v) is 9.31. The zero-order valence-electron chi connectivity index (χ0n) is 29.9. The second kappa shape index (κ2) is 17.4. The van der Waals surface area contributed by atoms with E-state index >= 15 is 35.1 Å². The van der Waals surface area contributed by atoms with Crippen molar-refractivity contribution in [3.8, 4) is 0 Å². The standard InChI is InChI=1S/C24BF20.C14H12N2O2/c26-5-1(6(27)14(35)21(42)13(5)34)25(2-7(28)15(36)22(43)16(37)8(2)29,3-9(30)17(38)23(44)18(39)10(3)31)4-11(32)19(40)24(45)20(41)12(4)33;15-14(18)12-8-4-5-9-16(12)10-13(17)11-6-2-1-3-7-11/h;1-9H,10H2,(H-,15,18)/q-1;/p+1. The number of benzene rings is 5. The zero-order valence-corrected chi connectivity index (χ0v) is 29.9. The van der Waals surface area contributed by atoms with Gasteiger partial charge >= 0.3 is 5.91 Å². The molecular formula is C38H13BF20N2O2. The summed E-state index contributed by atoms with van der Waals surface area (Å²) in [6.07, 6.45) is -5.55. The fourth-order valence-electron chi connectivity index (χ4n) is 6.58. The van der Waals surface area contributed by atoms with Gasteiger partial charge in [-0.05, 0) is 6.07 Å². The van der Waals surface area contributed by atoms with Gasteiger partial charge < -0.3 is 5.73 Å². The van der Waals surface area contributed by atoms with Gasteiger partial charge in [0, 0.05) is 17.7 Å². The number of carbonyl (C=O) groups excluding carboxylic acids is 2. The first-order chi connectivity index (χ1) is 29.4. The van der Waals surface area contributed by atoms with Gasteiger partial charge in [-0.15, -0.1) is 21.9 Å². The molecule has 2 N–H and O–H groups in total. The molecule has 0 unspecified atom stereocenters. The second-order valence-electron chi connectivity index (χ2n) is 12.7. The summed E-state index contributed by atoms with van der Waals surface area (Å²) in [5, 5.41) is 0. The lowest BCUT2D eigenvalue weighted by Gasteiger charge is -2.44. The van der Waals surface area contributed by atoms with E-state index in [9.17, 15) is 62.3 Å². The Balaban J connectivity index is 0.000000345. The van der Waals surface area contributed by atoms with Crippen molar-refractivity contribution in [2.24, 2.45) is 5.73 Å². The van der Waals surface area contributed by atoms with Gasteiger partial charge in [-0.25, -0.2) is 87.8 Å². The molecule has 25 heteroatoms. The number of nitrogens with two attached hydrogens (primary N) is 1. The van der Waals surface area contributed by atoms with E-state index in [2.05, 4.69) is 0 Å². The summed E-state index contributed by atoms with van der Waals surface area (Å²) in [4.78, 5) is 23.2. The highest BCUT2D eigenvalue weighted by Gasteiger charge is 2.52. The van der Waals surface area contributed by atoms with E-state index in [1.165, 1.54) is 0 Å². The van der Waals surface area contributed by atoms with E-state index in [1.54, 1.807) is 53.2 Å². The average molecular weight is 920 g/mol. The number of hydrogen-bond acceptors (Lipinski definition) is 2. The molecule has 1 amide bonds. The van der Waals surface area contributed by atoms with Gasteiger partial charge in [-0.1, -0.05) is 30.3 Å². The van der Waals surface area contributed by atoms with Crippen LogP contribution in [0.1, 0.15) is 20.8 Å². The molecule has 0 atom stereocenters. The molecule has 0 spiro atoms. The molecule has 4 nitrogen and oxygen atoms in total. The number of halogens is 20. The molecule has 0 radical (unpaired) electrons. The quantitative estimate of drug-likeness (QED) is 0.0457. The smallest absolute Gasteiger partial charge is 0.313 e. The zero-order chi connectivity index (χ0) is 47.3. The van der Waals surface area contributed by atoms with Crippen molar-refractivity contribution in [3.05, 3.63) is 182 Å². The lowest BCUT2D eigenvalue weighted by Crippen LogP contribution is -2.81. The van der Waals surface area contributed by atoms with Crippen molar-refractivity contribution in [1.29, 1.82) is 0 Å². The Bertz CT molecular complexity index is 2500. The first kappa shape index (κ1) is 47.1. The number of hydrogen-bond donors (Lipinski definition) is 1. The van der Waals surface area contributed by atoms with Crippen molar-refractivity contribution < 1.29 is 102 Å². The maximum absolute atomic E-state index is 15.4. The van der Waals surface area contributed by atoms with Crippen LogP contribution in [-0.2, 0) is 6.54 Å². The molecule has 330 valence electrons. The molecule has 0 aliphatic rings. The van der Waals surface area contributed by atoms with E-state index in [4.69, 9.17) is 5.73 Å². The molecular weight excluding hydrogens is 907 g/mol. The third-order valence-electron chi connectivity index (χ3n) is 9.31. The van der Waals surface area contributed by atoms with Crippen LogP contribution in [0.4, 0.5) is 87.8 Å². The molecule has 0 fully saturated rings. The largest absolute Gasteiger partial charge is 0.360 e. The Labute approximate surface area is 336 Å². The van der Waals surface area contributed by atoms with Crippen molar-refractivity contribution in [2.75, 3.05) is 0 Å². The second-order valence-corrected chi connectivity index (χ2v) is 12.7. The summed E-state index contributed by atoms with van der Waals surface area (Å²) in [6, 6.07) is 14.0. The molecule has 0 aliphatic carbocycles. The highest BCUT2D eigenvalue weighted by molar-refractivity contribution is 7.20. The number of amides is 1. The molecule has 6 aromatic rings. The Morgan fingerprint density at radius 2 is 0.635 bits per heavy atom. The van der Waals surface area contributed by atoms with Gasteiger partial charge in [-0.2, -0.15) is 4.57 Å². The molecule has 63 heavy (non-hydrogen) atoms. The Kier molecular flexibility index (Phi) is 13.0. The molecule has 0 bridgehead atoms. The third kappa shape index (κ3) is 7.47. The van der Waals surface area contributed by atoms with Crippen LogP contribution >= 0.6 is 0 Å². The number of rotatable bonds is 8. The van der Waals surface area contributed by atoms with Crippen molar-refractivity contribution in [1.82, 2.24) is 0 Å². The van der Waals surface area contributed by atoms with Crippen molar-refractivity contribution in [2.45, 2.75) is 6.54 Å². The van der Waals surface area contributed by atoms with Gasteiger partial charge in [0.25, 0.3) is 5.69 Å². The molecule has 0 aliphatic heterocycles. The predicted octanol–water partition coefficient (Wildman–Crippen LogP) is 6.80. The number of primary amides is 1. The highest BCUT2D eigenvalue weighted by Crippen LogP contribution is 2.30. The summed E-state index contributed by atoms with van der Waals surface area (Å²) in [5.41, 5.74) is -8.14. The minimum atomic E-state index is -7.22. The molecule has 0 saturated carbocycles. The molecule has 5 aromatic carbocycles. The van der Waals surface area contributed by atoms with Crippen LogP contribution in [0.3, 0.4) is 0 Å². The monoisotopic (exact) mass is 920 g/mol. The lowest BCUT2D eigenvalue weighted by atomic mass is 9.12. The Hall–Kier alpha value is -6.95. The summed E-state index contributed by atoms with van der Waals surface area (Å²) in [5.74, 6) is -72.0. The summed E-state index contributed by atoms with van der Waals surface area (Å²) in [7, 11) is 0. The number of Topliss-reactive ketones (excluding diaryl/α,β-unsaturated/α-hetero) is 1. The number of aromatic nitrogens is 1. The SMILES string of the molecule is Fc1c(F)c(F)c([B-](c2c(F)c(F)c(F)c(F)c2F)(c2c(F)c(F)c(F)c(F)c2F)c2c(F)c(F)c(F)c(F)c2F)c(F)c1F.NC(=O)c1cccc[n+]1CC(=O)c1ccccc1. The van der Waals surface area contributed by atoms with E-state index < -0.39 is 150 Å². The van der Waals surface area contributed by atoms with E-state index in [1.807, 2.05) is 6.07 Å². The van der Waals surface area contributed by atoms with Crippen LogP contribution in [0.2, 0.25) is 0 Å². The molecule has 1 heterocycles. The van der Waals surface area contributed by atoms with Gasteiger partial charge in [0.15, 0.2) is 76.0 Å². The first-order valence-electron chi connectivity index (χ1n) is 16.5. The molecule has 0 saturated heterocycles. The van der Waals surface area contributed by atoms with Crippen LogP contribution in [-0.4, -0.2) is 17.8 Å². The van der Waals surface area contributed by atoms with Crippen LogP contribution in [0.5, 0.6) is 0 Å². The molecule has 1 aromatic heterocycles. The maximum Gasteiger partial charge on any atom is 0.313 e. The Morgan fingerprint density at radius 3 is 0.905 bits per heavy atom. The maximum atomic E-state index is 15.4.